The molecule has 0 bridgehead atoms. The first-order chi connectivity index (χ1) is 14.6. The molecule has 0 aromatic heterocycles. The highest BCUT2D eigenvalue weighted by Gasteiger charge is 2.41. The number of carbonyl (C=O) groups excluding carboxylic acids is 2. The summed E-state index contributed by atoms with van der Waals surface area (Å²) in [6.45, 7) is 0.192. The molecule has 1 heterocycles. The van der Waals surface area contributed by atoms with E-state index in [2.05, 4.69) is 0 Å². The van der Waals surface area contributed by atoms with Crippen molar-refractivity contribution in [2.45, 2.75) is 25.0 Å². The molecule has 4 rings (SSSR count). The zero-order chi connectivity index (χ0) is 21.1. The topological polar surface area (TPSA) is 55.8 Å². The fourth-order valence-corrected chi connectivity index (χ4v) is 3.95. The highest BCUT2D eigenvalue weighted by Crippen LogP contribution is 2.27. The van der Waals surface area contributed by atoms with Gasteiger partial charge < -0.3 is 14.4 Å². The molecular weight excluding hydrogens is 385 g/mol. The third-order valence-corrected chi connectivity index (χ3v) is 5.41. The second-order valence-electron chi connectivity index (χ2n) is 7.31. The maximum atomic E-state index is 14.0. The molecule has 3 aromatic rings. The summed E-state index contributed by atoms with van der Waals surface area (Å²) in [4.78, 5) is 26.9. The molecule has 0 radical (unpaired) electrons. The van der Waals surface area contributed by atoms with Gasteiger partial charge in [-0.15, -0.1) is 0 Å². The molecular formula is C24H22FNO4. The van der Waals surface area contributed by atoms with Gasteiger partial charge >= 0.3 is 5.97 Å². The van der Waals surface area contributed by atoms with Crippen molar-refractivity contribution in [2.75, 3.05) is 13.7 Å². The number of rotatable bonds is 5. The number of fused-ring (bicyclic) bond motifs is 1. The van der Waals surface area contributed by atoms with Gasteiger partial charge in [0, 0.05) is 6.42 Å². The molecule has 1 saturated heterocycles. The first kappa shape index (κ1) is 19.9. The normalized spacial score (nSPS) is 18.4. The van der Waals surface area contributed by atoms with E-state index in [-0.39, 0.29) is 31.0 Å². The molecule has 1 fully saturated rings. The van der Waals surface area contributed by atoms with E-state index in [0.717, 1.165) is 16.3 Å². The molecule has 154 valence electrons. The second kappa shape index (κ2) is 8.53. The molecule has 0 spiro atoms. The van der Waals surface area contributed by atoms with Gasteiger partial charge in [0.1, 0.15) is 12.1 Å². The Bertz CT molecular complexity index is 1080. The minimum atomic E-state index is -0.755. The van der Waals surface area contributed by atoms with Gasteiger partial charge in [0.15, 0.2) is 11.6 Å². The van der Waals surface area contributed by atoms with Crippen LogP contribution < -0.4 is 4.74 Å². The van der Waals surface area contributed by atoms with Gasteiger partial charge in [-0.05, 0) is 28.5 Å². The summed E-state index contributed by atoms with van der Waals surface area (Å²) in [5.41, 5.74) is 0.889. The molecule has 0 N–H and O–H groups in total. The Hall–Kier alpha value is -3.41. The van der Waals surface area contributed by atoms with Gasteiger partial charge in [-0.3, -0.25) is 4.79 Å². The van der Waals surface area contributed by atoms with E-state index in [9.17, 15) is 14.0 Å². The van der Waals surface area contributed by atoms with E-state index in [4.69, 9.17) is 9.47 Å². The smallest absolute Gasteiger partial charge is 0.328 e. The molecule has 1 amide bonds. The standard InChI is InChI=1S/C24H22FNO4/c1-29-24(28)21-14-18(30-22-12-5-4-11-20(22)25)15-26(21)23(27)13-17-9-6-8-16-7-2-3-10-19(16)17/h2-12,18,21H,13-15H2,1H3. The Balaban J connectivity index is 1.55. The van der Waals surface area contributed by atoms with Crippen molar-refractivity contribution in [1.29, 1.82) is 0 Å². The van der Waals surface area contributed by atoms with E-state index >= 15 is 0 Å². The summed E-state index contributed by atoms with van der Waals surface area (Å²) < 4.78 is 24.6. The molecule has 0 aliphatic carbocycles. The lowest BCUT2D eigenvalue weighted by Crippen LogP contribution is -2.42. The molecule has 2 unspecified atom stereocenters. The first-order valence-electron chi connectivity index (χ1n) is 9.82. The third kappa shape index (κ3) is 3.99. The van der Waals surface area contributed by atoms with E-state index in [1.54, 1.807) is 12.1 Å². The SMILES string of the molecule is COC(=O)C1CC(Oc2ccccc2F)CN1C(=O)Cc1cccc2ccccc12. The average Bonchev–Trinajstić information content (AvgIpc) is 3.19. The van der Waals surface area contributed by atoms with Crippen molar-refractivity contribution in [3.63, 3.8) is 0 Å². The quantitative estimate of drug-likeness (QED) is 0.605. The van der Waals surface area contributed by atoms with Crippen molar-refractivity contribution in [3.8, 4) is 5.75 Å². The summed E-state index contributed by atoms with van der Waals surface area (Å²) >= 11 is 0. The van der Waals surface area contributed by atoms with Crippen LogP contribution in [0.4, 0.5) is 4.39 Å². The van der Waals surface area contributed by atoms with Crippen LogP contribution in [0.5, 0.6) is 5.75 Å². The number of esters is 1. The Morgan fingerprint density at radius 3 is 2.57 bits per heavy atom. The van der Waals surface area contributed by atoms with Crippen LogP contribution in [0.2, 0.25) is 0 Å². The minimum Gasteiger partial charge on any atom is -0.485 e. The second-order valence-corrected chi connectivity index (χ2v) is 7.31. The average molecular weight is 407 g/mol. The van der Waals surface area contributed by atoms with Crippen molar-refractivity contribution in [3.05, 3.63) is 78.1 Å². The van der Waals surface area contributed by atoms with Crippen LogP contribution in [-0.2, 0) is 20.7 Å². The largest absolute Gasteiger partial charge is 0.485 e. The van der Waals surface area contributed by atoms with Gasteiger partial charge in [0.25, 0.3) is 0 Å². The van der Waals surface area contributed by atoms with E-state index in [1.807, 2.05) is 42.5 Å². The molecule has 30 heavy (non-hydrogen) atoms. The van der Waals surface area contributed by atoms with Crippen molar-refractivity contribution < 1.29 is 23.5 Å². The van der Waals surface area contributed by atoms with Gasteiger partial charge in [0.2, 0.25) is 5.91 Å². The minimum absolute atomic E-state index is 0.106. The number of carbonyl (C=O) groups is 2. The monoisotopic (exact) mass is 407 g/mol. The summed E-state index contributed by atoms with van der Waals surface area (Å²) in [5.74, 6) is -1.07. The molecule has 6 heteroatoms. The zero-order valence-electron chi connectivity index (χ0n) is 16.6. The number of methoxy groups -OCH3 is 1. The third-order valence-electron chi connectivity index (χ3n) is 5.41. The van der Waals surface area contributed by atoms with Crippen molar-refractivity contribution in [1.82, 2.24) is 4.90 Å². The number of hydrogen-bond acceptors (Lipinski definition) is 4. The van der Waals surface area contributed by atoms with E-state index in [1.165, 1.54) is 24.1 Å². The van der Waals surface area contributed by atoms with Crippen LogP contribution in [0.15, 0.2) is 66.7 Å². The van der Waals surface area contributed by atoms with Crippen LogP contribution in [-0.4, -0.2) is 42.6 Å². The molecule has 2 atom stereocenters. The number of para-hydroxylation sites is 1. The summed E-state index contributed by atoms with van der Waals surface area (Å²) in [7, 11) is 1.29. The number of likely N-dealkylation sites (tertiary alicyclic amines) is 1. The van der Waals surface area contributed by atoms with Crippen LogP contribution in [0.25, 0.3) is 10.8 Å². The van der Waals surface area contributed by atoms with Crippen LogP contribution in [0, 0.1) is 5.82 Å². The van der Waals surface area contributed by atoms with E-state index < -0.39 is 23.9 Å². The number of halogens is 1. The lowest BCUT2D eigenvalue weighted by Gasteiger charge is -2.22. The fourth-order valence-electron chi connectivity index (χ4n) is 3.95. The maximum absolute atomic E-state index is 14.0. The van der Waals surface area contributed by atoms with Gasteiger partial charge in [-0.1, -0.05) is 54.6 Å². The number of hydrogen-bond donors (Lipinski definition) is 0. The molecule has 1 aliphatic rings. The zero-order valence-corrected chi connectivity index (χ0v) is 16.6. The lowest BCUT2D eigenvalue weighted by atomic mass is 10.0. The number of nitrogens with zero attached hydrogens (tertiary/aromatic N) is 1. The van der Waals surface area contributed by atoms with Crippen LogP contribution in [0.1, 0.15) is 12.0 Å². The predicted octanol–water partition coefficient (Wildman–Crippen LogP) is 3.74. The molecule has 5 nitrogen and oxygen atoms in total. The Kier molecular flexibility index (Phi) is 5.65. The number of benzene rings is 3. The Morgan fingerprint density at radius 2 is 1.77 bits per heavy atom. The van der Waals surface area contributed by atoms with E-state index in [0.29, 0.717) is 0 Å². The van der Waals surface area contributed by atoms with Gasteiger partial charge in [-0.25, -0.2) is 9.18 Å². The summed E-state index contributed by atoms with van der Waals surface area (Å²) in [6.07, 6.45) is -0.0914. The summed E-state index contributed by atoms with van der Waals surface area (Å²) in [6, 6.07) is 19.0. The molecule has 0 saturated carbocycles. The Morgan fingerprint density at radius 1 is 1.03 bits per heavy atom. The number of amides is 1. The first-order valence-corrected chi connectivity index (χ1v) is 9.82. The maximum Gasteiger partial charge on any atom is 0.328 e. The van der Waals surface area contributed by atoms with Crippen LogP contribution in [0.3, 0.4) is 0 Å². The number of ether oxygens (including phenoxy) is 2. The van der Waals surface area contributed by atoms with Crippen molar-refractivity contribution in [2.24, 2.45) is 0 Å². The van der Waals surface area contributed by atoms with Gasteiger partial charge in [-0.2, -0.15) is 0 Å². The lowest BCUT2D eigenvalue weighted by molar-refractivity contribution is -0.150. The molecule has 3 aromatic carbocycles. The molecule has 1 aliphatic heterocycles. The van der Waals surface area contributed by atoms with Gasteiger partial charge in [0.05, 0.1) is 20.1 Å². The van der Waals surface area contributed by atoms with Crippen LogP contribution >= 0.6 is 0 Å². The predicted molar refractivity (Wildman–Crippen MR) is 111 cm³/mol. The van der Waals surface area contributed by atoms with Crippen molar-refractivity contribution >= 4 is 22.6 Å². The highest BCUT2D eigenvalue weighted by molar-refractivity contribution is 5.92. The fraction of sp³-hybridized carbons (Fsp3) is 0.250. The summed E-state index contributed by atoms with van der Waals surface area (Å²) in [5, 5.41) is 2.05. The Labute approximate surface area is 174 Å². The highest BCUT2D eigenvalue weighted by atomic mass is 19.1.